The second-order valence-electron chi connectivity index (χ2n) is 10.4. The summed E-state index contributed by atoms with van der Waals surface area (Å²) in [5, 5.41) is 3.67. The molecule has 2 saturated heterocycles. The Balaban J connectivity index is 1.06. The van der Waals surface area contributed by atoms with Gasteiger partial charge >= 0.3 is 0 Å². The van der Waals surface area contributed by atoms with Crippen LogP contribution in [0.1, 0.15) is 62.6 Å². The predicted molar refractivity (Wildman–Crippen MR) is 134 cm³/mol. The van der Waals surface area contributed by atoms with Crippen molar-refractivity contribution in [3.63, 3.8) is 0 Å². The average Bonchev–Trinajstić information content (AvgIpc) is 3.52. The summed E-state index contributed by atoms with van der Waals surface area (Å²) in [4.78, 5) is 0. The van der Waals surface area contributed by atoms with Crippen LogP contribution in [0.15, 0.2) is 48.5 Å². The van der Waals surface area contributed by atoms with E-state index in [1.54, 1.807) is 0 Å². The Hall–Kier alpha value is -1.92. The first-order valence-corrected chi connectivity index (χ1v) is 13.0. The molecule has 34 heavy (non-hydrogen) atoms. The highest BCUT2D eigenvalue weighted by Gasteiger charge is 2.34. The predicted octanol–water partition coefficient (Wildman–Crippen LogP) is 5.98. The number of ether oxygens (including phenoxy) is 4. The highest BCUT2D eigenvalue weighted by molar-refractivity contribution is 5.47. The summed E-state index contributed by atoms with van der Waals surface area (Å²) in [5.74, 6) is 0.392. The molecular weight excluding hydrogens is 426 g/mol. The smallest absolute Gasteiger partial charge is 0.192 e. The molecule has 5 nitrogen and oxygen atoms in total. The molecule has 0 bridgehead atoms. The van der Waals surface area contributed by atoms with Crippen LogP contribution < -0.4 is 5.32 Å². The fourth-order valence-electron chi connectivity index (χ4n) is 5.64. The van der Waals surface area contributed by atoms with Gasteiger partial charge in [-0.05, 0) is 69.1 Å². The Morgan fingerprint density at radius 3 is 1.94 bits per heavy atom. The van der Waals surface area contributed by atoms with Crippen LogP contribution in [0.4, 0.5) is 5.69 Å². The Morgan fingerprint density at radius 2 is 1.29 bits per heavy atom. The highest BCUT2D eigenvalue weighted by Crippen LogP contribution is 2.35. The van der Waals surface area contributed by atoms with Crippen LogP contribution in [0, 0.1) is 11.8 Å². The maximum Gasteiger partial charge on any atom is 0.192 e. The third-order valence-corrected chi connectivity index (χ3v) is 7.92. The van der Waals surface area contributed by atoms with Crippen molar-refractivity contribution in [3.8, 4) is 0 Å². The molecule has 2 aliphatic heterocycles. The SMILES string of the molecule is CC1(c2cccc(CCC3CCC(CNc4cccc(C5(C)OCCO5)c4)CC3)c2)OCCO1. The summed E-state index contributed by atoms with van der Waals surface area (Å²) < 4.78 is 23.3. The van der Waals surface area contributed by atoms with E-state index in [4.69, 9.17) is 18.9 Å². The van der Waals surface area contributed by atoms with Gasteiger partial charge in [0.2, 0.25) is 0 Å². The zero-order valence-electron chi connectivity index (χ0n) is 20.7. The van der Waals surface area contributed by atoms with Gasteiger partial charge in [-0.2, -0.15) is 0 Å². The minimum Gasteiger partial charge on any atom is -0.385 e. The molecule has 184 valence electrons. The van der Waals surface area contributed by atoms with Crippen molar-refractivity contribution < 1.29 is 18.9 Å². The fourth-order valence-corrected chi connectivity index (χ4v) is 5.64. The zero-order chi connectivity index (χ0) is 23.4. The molecule has 2 aromatic carbocycles. The highest BCUT2D eigenvalue weighted by atomic mass is 16.7. The molecule has 0 radical (unpaired) electrons. The van der Waals surface area contributed by atoms with Crippen molar-refractivity contribution in [2.45, 2.75) is 63.9 Å². The monoisotopic (exact) mass is 465 g/mol. The van der Waals surface area contributed by atoms with Crippen molar-refractivity contribution in [2.75, 3.05) is 38.3 Å². The molecule has 5 rings (SSSR count). The van der Waals surface area contributed by atoms with Crippen LogP contribution in [0.2, 0.25) is 0 Å². The molecule has 0 atom stereocenters. The van der Waals surface area contributed by atoms with Gasteiger partial charge in [0.1, 0.15) is 0 Å². The van der Waals surface area contributed by atoms with Crippen molar-refractivity contribution in [2.24, 2.45) is 11.8 Å². The minimum absolute atomic E-state index is 0.574. The standard InChI is InChI=1S/C29H39NO4/c1-28(31-15-16-32-28)25-6-3-5-23(19-25)12-9-22-10-13-24(14-11-22)21-30-27-8-4-7-26(20-27)29(2)33-17-18-34-29/h3-8,19-20,22,24,30H,9-18,21H2,1-2H3. The summed E-state index contributed by atoms with van der Waals surface area (Å²) >= 11 is 0. The van der Waals surface area contributed by atoms with Crippen LogP contribution in [0.5, 0.6) is 0 Å². The Kier molecular flexibility index (Phi) is 7.26. The third kappa shape index (κ3) is 5.49. The molecule has 1 aliphatic carbocycles. The van der Waals surface area contributed by atoms with E-state index in [1.165, 1.54) is 37.7 Å². The molecule has 0 amide bonds. The first-order valence-electron chi connectivity index (χ1n) is 13.0. The van der Waals surface area contributed by atoms with Crippen molar-refractivity contribution in [3.05, 3.63) is 65.2 Å². The maximum atomic E-state index is 5.84. The van der Waals surface area contributed by atoms with Gasteiger partial charge in [0, 0.05) is 23.4 Å². The molecule has 1 N–H and O–H groups in total. The van der Waals surface area contributed by atoms with Crippen LogP contribution in [0.25, 0.3) is 0 Å². The van der Waals surface area contributed by atoms with Crippen LogP contribution in [0.3, 0.4) is 0 Å². The lowest BCUT2D eigenvalue weighted by molar-refractivity contribution is -0.150. The number of hydrogen-bond acceptors (Lipinski definition) is 5. The van der Waals surface area contributed by atoms with Gasteiger partial charge < -0.3 is 24.3 Å². The second-order valence-corrected chi connectivity index (χ2v) is 10.4. The van der Waals surface area contributed by atoms with Crippen molar-refractivity contribution >= 4 is 5.69 Å². The Bertz CT molecular complexity index is 863. The van der Waals surface area contributed by atoms with E-state index in [1.807, 2.05) is 13.8 Å². The molecule has 3 fully saturated rings. The molecule has 3 aliphatic rings. The van der Waals surface area contributed by atoms with E-state index in [-0.39, 0.29) is 0 Å². The molecule has 2 aromatic rings. The number of anilines is 1. The van der Waals surface area contributed by atoms with E-state index in [2.05, 4.69) is 53.8 Å². The summed E-state index contributed by atoms with van der Waals surface area (Å²) in [7, 11) is 0. The summed E-state index contributed by atoms with van der Waals surface area (Å²) in [6, 6.07) is 17.3. The van der Waals surface area contributed by atoms with E-state index in [0.29, 0.717) is 26.4 Å². The Labute approximate surface area is 204 Å². The summed E-state index contributed by atoms with van der Waals surface area (Å²) in [6.07, 6.45) is 7.67. The average molecular weight is 466 g/mol. The number of aryl methyl sites for hydroxylation is 1. The van der Waals surface area contributed by atoms with Crippen LogP contribution >= 0.6 is 0 Å². The quantitative estimate of drug-likeness (QED) is 0.520. The maximum absolute atomic E-state index is 5.84. The topological polar surface area (TPSA) is 49.0 Å². The van der Waals surface area contributed by atoms with Gasteiger partial charge in [-0.15, -0.1) is 0 Å². The third-order valence-electron chi connectivity index (χ3n) is 7.92. The second kappa shape index (κ2) is 10.4. The van der Waals surface area contributed by atoms with Gasteiger partial charge in [-0.3, -0.25) is 0 Å². The van der Waals surface area contributed by atoms with Crippen LogP contribution in [-0.4, -0.2) is 33.0 Å². The molecule has 5 heteroatoms. The van der Waals surface area contributed by atoms with Gasteiger partial charge in [0.05, 0.1) is 26.4 Å². The van der Waals surface area contributed by atoms with E-state index < -0.39 is 11.6 Å². The number of nitrogens with one attached hydrogen (secondary N) is 1. The largest absolute Gasteiger partial charge is 0.385 e. The summed E-state index contributed by atoms with van der Waals surface area (Å²) in [6.45, 7) is 7.73. The first-order chi connectivity index (χ1) is 16.5. The lowest BCUT2D eigenvalue weighted by atomic mass is 9.79. The molecule has 0 spiro atoms. The van der Waals surface area contributed by atoms with E-state index >= 15 is 0 Å². The van der Waals surface area contributed by atoms with Gasteiger partial charge in [0.25, 0.3) is 0 Å². The zero-order valence-corrected chi connectivity index (χ0v) is 20.7. The Morgan fingerprint density at radius 1 is 0.735 bits per heavy atom. The van der Waals surface area contributed by atoms with E-state index in [9.17, 15) is 0 Å². The normalized spacial score (nSPS) is 25.9. The number of hydrogen-bond donors (Lipinski definition) is 1. The molecular formula is C29H39NO4. The number of benzene rings is 2. The molecule has 0 unspecified atom stereocenters. The summed E-state index contributed by atoms with van der Waals surface area (Å²) in [5.41, 5.74) is 4.78. The number of rotatable bonds is 8. The van der Waals surface area contributed by atoms with Gasteiger partial charge in [-0.25, -0.2) is 0 Å². The minimum atomic E-state index is -0.607. The molecule has 0 aromatic heterocycles. The van der Waals surface area contributed by atoms with Crippen LogP contribution in [-0.2, 0) is 36.9 Å². The van der Waals surface area contributed by atoms with Gasteiger partial charge in [0.15, 0.2) is 11.6 Å². The van der Waals surface area contributed by atoms with Crippen molar-refractivity contribution in [1.82, 2.24) is 0 Å². The van der Waals surface area contributed by atoms with Crippen molar-refractivity contribution in [1.29, 1.82) is 0 Å². The van der Waals surface area contributed by atoms with Gasteiger partial charge in [-0.1, -0.05) is 49.2 Å². The lowest BCUT2D eigenvalue weighted by Gasteiger charge is -2.29. The fraction of sp³-hybridized carbons (Fsp3) is 0.586. The lowest BCUT2D eigenvalue weighted by Crippen LogP contribution is -2.23. The first kappa shape index (κ1) is 23.8. The molecule has 2 heterocycles. The molecule has 1 saturated carbocycles. The van der Waals surface area contributed by atoms with E-state index in [0.717, 1.165) is 41.6 Å².